The Morgan fingerprint density at radius 2 is 1.92 bits per heavy atom. The van der Waals surface area contributed by atoms with E-state index < -0.39 is 6.10 Å². The molecule has 6 heteroatoms. The summed E-state index contributed by atoms with van der Waals surface area (Å²) in [5.41, 5.74) is 0.851. The number of aromatic nitrogens is 1. The number of aliphatic hydroxyl groups excluding tert-OH is 1. The van der Waals surface area contributed by atoms with E-state index in [0.29, 0.717) is 12.6 Å². The SMILES string of the molecule is CCNC(=NCC(O)c1ccncc1)NC1CCN(C2CCCC2)CC1. The first-order chi connectivity index (χ1) is 12.8. The van der Waals surface area contributed by atoms with Crippen LogP contribution in [0.15, 0.2) is 29.5 Å². The third-order valence-electron chi connectivity index (χ3n) is 5.57. The van der Waals surface area contributed by atoms with E-state index in [1.807, 2.05) is 12.1 Å². The average Bonchev–Trinajstić information content (AvgIpc) is 3.22. The normalized spacial score (nSPS) is 21.7. The molecule has 144 valence electrons. The number of guanidine groups is 1. The third kappa shape index (κ3) is 5.42. The predicted molar refractivity (Wildman–Crippen MR) is 105 cm³/mol. The second-order valence-corrected chi connectivity index (χ2v) is 7.41. The van der Waals surface area contributed by atoms with Gasteiger partial charge >= 0.3 is 0 Å². The van der Waals surface area contributed by atoms with Gasteiger partial charge in [0.2, 0.25) is 0 Å². The van der Waals surface area contributed by atoms with Crippen molar-refractivity contribution in [2.75, 3.05) is 26.2 Å². The number of nitrogens with one attached hydrogen (secondary N) is 2. The number of piperidine rings is 1. The smallest absolute Gasteiger partial charge is 0.191 e. The second-order valence-electron chi connectivity index (χ2n) is 7.41. The first kappa shape index (κ1) is 19.1. The zero-order valence-corrected chi connectivity index (χ0v) is 15.9. The number of likely N-dealkylation sites (tertiary alicyclic amines) is 1. The molecule has 0 bridgehead atoms. The molecule has 3 N–H and O–H groups in total. The maximum Gasteiger partial charge on any atom is 0.191 e. The molecule has 26 heavy (non-hydrogen) atoms. The van der Waals surface area contributed by atoms with Crippen molar-refractivity contribution in [3.8, 4) is 0 Å². The minimum Gasteiger partial charge on any atom is -0.386 e. The Balaban J connectivity index is 1.48. The van der Waals surface area contributed by atoms with Crippen LogP contribution < -0.4 is 10.6 Å². The van der Waals surface area contributed by atoms with E-state index in [2.05, 4.69) is 32.4 Å². The van der Waals surface area contributed by atoms with Crippen LogP contribution in [-0.4, -0.2) is 59.2 Å². The minimum absolute atomic E-state index is 0.347. The van der Waals surface area contributed by atoms with Crippen LogP contribution in [0.5, 0.6) is 0 Å². The summed E-state index contributed by atoms with van der Waals surface area (Å²) in [6.07, 6.45) is 10.7. The summed E-state index contributed by atoms with van der Waals surface area (Å²) in [4.78, 5) is 11.3. The van der Waals surface area contributed by atoms with Crippen LogP contribution in [0, 0.1) is 0 Å². The van der Waals surface area contributed by atoms with Crippen molar-refractivity contribution >= 4 is 5.96 Å². The van der Waals surface area contributed by atoms with Crippen molar-refractivity contribution in [3.63, 3.8) is 0 Å². The number of aliphatic hydroxyl groups is 1. The van der Waals surface area contributed by atoms with Crippen molar-refractivity contribution in [2.45, 2.75) is 63.6 Å². The van der Waals surface area contributed by atoms with Crippen molar-refractivity contribution in [2.24, 2.45) is 4.99 Å². The highest BCUT2D eigenvalue weighted by Gasteiger charge is 2.27. The van der Waals surface area contributed by atoms with Crippen LogP contribution in [0.4, 0.5) is 0 Å². The van der Waals surface area contributed by atoms with Crippen LogP contribution in [0.2, 0.25) is 0 Å². The van der Waals surface area contributed by atoms with E-state index in [0.717, 1.165) is 37.0 Å². The monoisotopic (exact) mass is 359 g/mol. The number of pyridine rings is 1. The maximum atomic E-state index is 10.3. The Hall–Kier alpha value is -1.66. The van der Waals surface area contributed by atoms with E-state index in [-0.39, 0.29) is 0 Å². The van der Waals surface area contributed by atoms with Gasteiger partial charge in [0.15, 0.2) is 5.96 Å². The minimum atomic E-state index is -0.599. The lowest BCUT2D eigenvalue weighted by Gasteiger charge is -2.36. The Labute approximate surface area is 157 Å². The van der Waals surface area contributed by atoms with Gasteiger partial charge in [-0.1, -0.05) is 12.8 Å². The Bertz CT molecular complexity index is 551. The zero-order chi connectivity index (χ0) is 18.2. The van der Waals surface area contributed by atoms with E-state index in [1.165, 1.54) is 38.8 Å². The lowest BCUT2D eigenvalue weighted by atomic mass is 10.0. The standard InChI is InChI=1S/C20H33N5O/c1-2-22-20(23-15-19(26)16-7-11-21-12-8-16)24-17-9-13-25(14-10-17)18-5-3-4-6-18/h7-8,11-12,17-19,26H,2-6,9-10,13-15H2,1H3,(H2,22,23,24). The van der Waals surface area contributed by atoms with E-state index in [4.69, 9.17) is 0 Å². The molecule has 1 atom stereocenters. The maximum absolute atomic E-state index is 10.3. The van der Waals surface area contributed by atoms with Crippen LogP contribution in [0.1, 0.15) is 57.1 Å². The molecule has 0 aromatic carbocycles. The van der Waals surface area contributed by atoms with Gasteiger partial charge in [-0.2, -0.15) is 0 Å². The molecule has 3 rings (SSSR count). The molecule has 1 aromatic rings. The molecular formula is C20H33N5O. The highest BCUT2D eigenvalue weighted by atomic mass is 16.3. The Morgan fingerprint density at radius 1 is 1.23 bits per heavy atom. The molecule has 6 nitrogen and oxygen atoms in total. The summed E-state index contributed by atoms with van der Waals surface area (Å²) < 4.78 is 0. The van der Waals surface area contributed by atoms with Crippen LogP contribution in [-0.2, 0) is 0 Å². The van der Waals surface area contributed by atoms with Gasteiger partial charge in [0.05, 0.1) is 12.6 Å². The zero-order valence-electron chi connectivity index (χ0n) is 15.9. The highest BCUT2D eigenvalue weighted by Crippen LogP contribution is 2.26. The number of rotatable bonds is 6. The molecule has 1 saturated carbocycles. The van der Waals surface area contributed by atoms with Gasteiger partial charge in [-0.15, -0.1) is 0 Å². The lowest BCUT2D eigenvalue weighted by molar-refractivity contribution is 0.150. The fourth-order valence-corrected chi connectivity index (χ4v) is 4.06. The van der Waals surface area contributed by atoms with Crippen molar-refractivity contribution in [1.29, 1.82) is 0 Å². The average molecular weight is 360 g/mol. The van der Waals surface area contributed by atoms with Gasteiger partial charge in [-0.25, -0.2) is 0 Å². The highest BCUT2D eigenvalue weighted by molar-refractivity contribution is 5.80. The molecule has 1 unspecified atom stereocenters. The summed E-state index contributed by atoms with van der Waals surface area (Å²) in [6.45, 7) is 5.60. The molecule has 1 aromatic heterocycles. The van der Waals surface area contributed by atoms with Gasteiger partial charge in [0, 0.05) is 44.1 Å². The van der Waals surface area contributed by atoms with Gasteiger partial charge in [0.1, 0.15) is 0 Å². The van der Waals surface area contributed by atoms with Gasteiger partial charge in [-0.05, 0) is 50.3 Å². The summed E-state index contributed by atoms with van der Waals surface area (Å²) in [6, 6.07) is 4.95. The van der Waals surface area contributed by atoms with E-state index in [9.17, 15) is 5.11 Å². The number of nitrogens with zero attached hydrogens (tertiary/aromatic N) is 3. The molecule has 1 aliphatic heterocycles. The largest absolute Gasteiger partial charge is 0.386 e. The molecule has 1 saturated heterocycles. The molecule has 2 aliphatic rings. The Kier molecular flexibility index (Phi) is 7.26. The fraction of sp³-hybridized carbons (Fsp3) is 0.700. The fourth-order valence-electron chi connectivity index (χ4n) is 4.06. The summed E-state index contributed by atoms with van der Waals surface area (Å²) in [7, 11) is 0. The summed E-state index contributed by atoms with van der Waals surface area (Å²) in [5, 5.41) is 17.2. The predicted octanol–water partition coefficient (Wildman–Crippen LogP) is 2.08. The van der Waals surface area contributed by atoms with Crippen molar-refractivity contribution < 1.29 is 5.11 Å². The van der Waals surface area contributed by atoms with Gasteiger partial charge in [-0.3, -0.25) is 9.98 Å². The van der Waals surface area contributed by atoms with Gasteiger partial charge in [0.25, 0.3) is 0 Å². The first-order valence-corrected chi connectivity index (χ1v) is 10.1. The Morgan fingerprint density at radius 3 is 2.58 bits per heavy atom. The lowest BCUT2D eigenvalue weighted by Crippen LogP contribution is -2.50. The number of hydrogen-bond donors (Lipinski definition) is 3. The molecule has 0 spiro atoms. The topological polar surface area (TPSA) is 72.8 Å². The molecule has 1 aliphatic carbocycles. The quantitative estimate of drug-likeness (QED) is 0.536. The van der Waals surface area contributed by atoms with E-state index >= 15 is 0 Å². The first-order valence-electron chi connectivity index (χ1n) is 10.1. The third-order valence-corrected chi connectivity index (χ3v) is 5.57. The summed E-state index contributed by atoms with van der Waals surface area (Å²) in [5.74, 6) is 0.805. The van der Waals surface area contributed by atoms with Gasteiger partial charge < -0.3 is 20.6 Å². The molecular weight excluding hydrogens is 326 g/mol. The van der Waals surface area contributed by atoms with Crippen molar-refractivity contribution in [3.05, 3.63) is 30.1 Å². The number of aliphatic imine (C=N–C) groups is 1. The molecule has 2 heterocycles. The van der Waals surface area contributed by atoms with Crippen LogP contribution in [0.3, 0.4) is 0 Å². The molecule has 0 radical (unpaired) electrons. The van der Waals surface area contributed by atoms with Crippen molar-refractivity contribution in [1.82, 2.24) is 20.5 Å². The second kappa shape index (κ2) is 9.88. The van der Waals surface area contributed by atoms with E-state index in [1.54, 1.807) is 12.4 Å². The number of hydrogen-bond acceptors (Lipinski definition) is 4. The van der Waals surface area contributed by atoms with Crippen LogP contribution in [0.25, 0.3) is 0 Å². The molecule has 2 fully saturated rings. The molecule has 0 amide bonds. The van der Waals surface area contributed by atoms with Crippen LogP contribution >= 0.6 is 0 Å². The summed E-state index contributed by atoms with van der Waals surface area (Å²) >= 11 is 0.